The molecule has 86 valence electrons. The second-order valence-corrected chi connectivity index (χ2v) is 5.18. The predicted octanol–water partition coefficient (Wildman–Crippen LogP) is 1.40. The van der Waals surface area contributed by atoms with Gasteiger partial charge in [0, 0.05) is 16.9 Å². The Morgan fingerprint density at radius 2 is 2.12 bits per heavy atom. The number of nitriles is 1. The Bertz CT molecular complexity index is 568. The van der Waals surface area contributed by atoms with Crippen molar-refractivity contribution in [2.45, 2.75) is 11.3 Å². The van der Waals surface area contributed by atoms with E-state index in [-0.39, 0.29) is 0 Å². The van der Waals surface area contributed by atoms with E-state index in [4.69, 9.17) is 21.7 Å². The van der Waals surface area contributed by atoms with E-state index >= 15 is 0 Å². The largest absolute Gasteiger partial charge is 0.396 e. The van der Waals surface area contributed by atoms with Gasteiger partial charge in [-0.1, -0.05) is 0 Å². The molecule has 0 atom stereocenters. The first-order valence-electron chi connectivity index (χ1n) is 3.70. The van der Waals surface area contributed by atoms with Crippen molar-refractivity contribution in [3.05, 3.63) is 17.5 Å². The smallest absolute Gasteiger partial charge is 0.282 e. The number of alkyl halides is 2. The van der Waals surface area contributed by atoms with Gasteiger partial charge in [-0.2, -0.15) is 5.26 Å². The molecule has 9 heteroatoms. The number of hydrogen-bond donors (Lipinski definition) is 1. The molecule has 0 saturated carbocycles. The summed E-state index contributed by atoms with van der Waals surface area (Å²) in [6, 6.07) is 1.40. The minimum Gasteiger partial charge on any atom is -0.396 e. The highest BCUT2D eigenvalue weighted by Crippen LogP contribution is 2.30. The van der Waals surface area contributed by atoms with Crippen LogP contribution in [-0.2, 0) is 9.05 Å². The third kappa shape index (κ3) is 2.20. The number of nitrogen functional groups attached to an aromatic ring is 1. The molecule has 2 N–H and O–H groups in total. The number of anilines is 1. The van der Waals surface area contributed by atoms with Crippen molar-refractivity contribution >= 4 is 25.4 Å². The first-order chi connectivity index (χ1) is 7.29. The zero-order chi connectivity index (χ0) is 12.5. The van der Waals surface area contributed by atoms with E-state index in [1.807, 2.05) is 0 Å². The fraction of sp³-hybridized carbons (Fsp3) is 0.143. The highest BCUT2D eigenvalue weighted by Gasteiger charge is 2.24. The molecule has 0 spiro atoms. The van der Waals surface area contributed by atoms with Crippen LogP contribution in [0.25, 0.3) is 0 Å². The molecule has 0 bridgehead atoms. The van der Waals surface area contributed by atoms with Gasteiger partial charge in [-0.25, -0.2) is 17.2 Å². The highest BCUT2D eigenvalue weighted by molar-refractivity contribution is 8.13. The molecule has 0 aromatic carbocycles. The van der Waals surface area contributed by atoms with E-state index in [9.17, 15) is 17.2 Å². The van der Waals surface area contributed by atoms with E-state index in [1.54, 1.807) is 0 Å². The Labute approximate surface area is 93.9 Å². The summed E-state index contributed by atoms with van der Waals surface area (Å²) in [5, 5.41) is 8.64. The van der Waals surface area contributed by atoms with Crippen LogP contribution in [0.3, 0.4) is 0 Å². The van der Waals surface area contributed by atoms with Crippen LogP contribution in [0.2, 0.25) is 0 Å². The Morgan fingerprint density at radius 1 is 1.56 bits per heavy atom. The molecule has 1 aromatic rings. The standard InChI is InChI=1S/C7H4ClF2N3O2S/c8-16(14,15)4-2-13-6(7(9)10)5(12)3(4)1-11/h2,7H,12H2. The maximum Gasteiger partial charge on any atom is 0.282 e. The van der Waals surface area contributed by atoms with Gasteiger partial charge in [-0.05, 0) is 0 Å². The lowest BCUT2D eigenvalue weighted by molar-refractivity contribution is 0.147. The van der Waals surface area contributed by atoms with Gasteiger partial charge in [-0.3, -0.25) is 4.98 Å². The number of nitrogens with two attached hydrogens (primary N) is 1. The third-order valence-corrected chi connectivity index (χ3v) is 3.03. The van der Waals surface area contributed by atoms with Crippen LogP contribution in [0, 0.1) is 11.3 Å². The van der Waals surface area contributed by atoms with Crippen LogP contribution in [0.15, 0.2) is 11.1 Å². The Morgan fingerprint density at radius 3 is 2.50 bits per heavy atom. The second-order valence-electron chi connectivity index (χ2n) is 2.65. The normalized spacial score (nSPS) is 11.4. The number of aromatic nitrogens is 1. The molecule has 5 nitrogen and oxygen atoms in total. The molecule has 0 fully saturated rings. The monoisotopic (exact) mass is 267 g/mol. The van der Waals surface area contributed by atoms with E-state index < -0.39 is 37.3 Å². The van der Waals surface area contributed by atoms with Crippen LogP contribution < -0.4 is 5.73 Å². The van der Waals surface area contributed by atoms with Crippen molar-refractivity contribution in [3.8, 4) is 6.07 Å². The van der Waals surface area contributed by atoms with E-state index in [0.29, 0.717) is 6.20 Å². The predicted molar refractivity (Wildman–Crippen MR) is 51.4 cm³/mol. The number of halogens is 3. The van der Waals surface area contributed by atoms with Gasteiger partial charge < -0.3 is 5.73 Å². The Hall–Kier alpha value is -1.46. The van der Waals surface area contributed by atoms with Crippen molar-refractivity contribution in [3.63, 3.8) is 0 Å². The molecule has 0 saturated heterocycles. The summed E-state index contributed by atoms with van der Waals surface area (Å²) < 4.78 is 46.6. The summed E-state index contributed by atoms with van der Waals surface area (Å²) >= 11 is 0. The van der Waals surface area contributed by atoms with Gasteiger partial charge in [0.2, 0.25) is 0 Å². The van der Waals surface area contributed by atoms with Gasteiger partial charge >= 0.3 is 0 Å². The molecule has 1 rings (SSSR count). The van der Waals surface area contributed by atoms with Crippen molar-refractivity contribution in [1.82, 2.24) is 4.98 Å². The molecule has 1 aromatic heterocycles. The second kappa shape index (κ2) is 4.19. The SMILES string of the molecule is N#Cc1c(S(=O)(=O)Cl)cnc(C(F)F)c1N. The number of nitrogens with zero attached hydrogens (tertiary/aromatic N) is 2. The zero-order valence-electron chi connectivity index (χ0n) is 7.49. The third-order valence-electron chi connectivity index (χ3n) is 1.69. The van der Waals surface area contributed by atoms with Crippen molar-refractivity contribution in [1.29, 1.82) is 5.26 Å². The molecule has 1 heterocycles. The zero-order valence-corrected chi connectivity index (χ0v) is 9.06. The van der Waals surface area contributed by atoms with Crippen molar-refractivity contribution < 1.29 is 17.2 Å². The summed E-state index contributed by atoms with van der Waals surface area (Å²) in [6.45, 7) is 0. The highest BCUT2D eigenvalue weighted by atomic mass is 35.7. The van der Waals surface area contributed by atoms with E-state index in [0.717, 1.165) is 0 Å². The topological polar surface area (TPSA) is 96.8 Å². The van der Waals surface area contributed by atoms with Gasteiger partial charge in [0.1, 0.15) is 16.7 Å². The van der Waals surface area contributed by atoms with Gasteiger partial charge in [0.25, 0.3) is 15.5 Å². The number of pyridine rings is 1. The fourth-order valence-corrected chi connectivity index (χ4v) is 1.93. The van der Waals surface area contributed by atoms with E-state index in [2.05, 4.69) is 4.98 Å². The lowest BCUT2D eigenvalue weighted by Gasteiger charge is -2.07. The lowest BCUT2D eigenvalue weighted by atomic mass is 10.2. The molecular formula is C7H4ClF2N3O2S. The first-order valence-corrected chi connectivity index (χ1v) is 6.01. The van der Waals surface area contributed by atoms with Gasteiger partial charge in [0.05, 0.1) is 11.3 Å². The number of hydrogen-bond acceptors (Lipinski definition) is 5. The summed E-state index contributed by atoms with van der Waals surface area (Å²) in [5.41, 5.74) is 3.05. The first kappa shape index (κ1) is 12.6. The van der Waals surface area contributed by atoms with Crippen LogP contribution in [0.5, 0.6) is 0 Å². The van der Waals surface area contributed by atoms with Crippen molar-refractivity contribution in [2.75, 3.05) is 5.73 Å². The quantitative estimate of drug-likeness (QED) is 0.817. The Kier molecular flexibility index (Phi) is 3.30. The van der Waals surface area contributed by atoms with Crippen LogP contribution in [0.1, 0.15) is 17.7 Å². The average molecular weight is 268 g/mol. The van der Waals surface area contributed by atoms with Crippen molar-refractivity contribution in [2.24, 2.45) is 0 Å². The molecule has 0 amide bonds. The summed E-state index contributed by atoms with van der Waals surface area (Å²) in [7, 11) is 0.736. The van der Waals surface area contributed by atoms with E-state index in [1.165, 1.54) is 6.07 Å². The summed E-state index contributed by atoms with van der Waals surface area (Å²) in [5.74, 6) is 0. The van der Waals surface area contributed by atoms with Crippen LogP contribution in [0.4, 0.5) is 14.5 Å². The minimum absolute atomic E-state index is 0.582. The number of rotatable bonds is 2. The maximum absolute atomic E-state index is 12.3. The van der Waals surface area contributed by atoms with Gasteiger partial charge in [-0.15, -0.1) is 0 Å². The molecule has 0 aliphatic heterocycles. The molecule has 0 radical (unpaired) electrons. The summed E-state index contributed by atoms with van der Waals surface area (Å²) in [4.78, 5) is 2.48. The maximum atomic E-state index is 12.3. The summed E-state index contributed by atoms with van der Waals surface area (Å²) in [6.07, 6.45) is -2.42. The van der Waals surface area contributed by atoms with Crippen LogP contribution in [-0.4, -0.2) is 13.4 Å². The average Bonchev–Trinajstić information content (AvgIpc) is 2.15. The molecule has 16 heavy (non-hydrogen) atoms. The fourth-order valence-electron chi connectivity index (χ4n) is 0.997. The van der Waals surface area contributed by atoms with Crippen LogP contribution >= 0.6 is 10.7 Å². The molecule has 0 aliphatic rings. The molecule has 0 unspecified atom stereocenters. The minimum atomic E-state index is -4.25. The molecular weight excluding hydrogens is 264 g/mol. The van der Waals surface area contributed by atoms with Gasteiger partial charge in [0.15, 0.2) is 0 Å². The lowest BCUT2D eigenvalue weighted by Crippen LogP contribution is -2.06. The Balaban J connectivity index is 3.62. The molecule has 0 aliphatic carbocycles.